The van der Waals surface area contributed by atoms with Gasteiger partial charge in [-0.2, -0.15) is 0 Å². The van der Waals surface area contributed by atoms with Crippen LogP contribution < -0.4 is 5.32 Å². The molecule has 4 nitrogen and oxygen atoms in total. The highest BCUT2D eigenvalue weighted by Crippen LogP contribution is 2.10. The predicted molar refractivity (Wildman–Crippen MR) is 37.4 cm³/mol. The molecular weight excluding hydrogens is 146 g/mol. The maximum Gasteiger partial charge on any atom is 0.313 e. The first kappa shape index (κ1) is 7.78. The maximum atomic E-state index is 10.9. The van der Waals surface area contributed by atoms with E-state index in [-0.39, 0.29) is 18.3 Å². The lowest BCUT2D eigenvalue weighted by atomic mass is 10.0. The Morgan fingerprint density at radius 3 is 3.09 bits per heavy atom. The molecule has 1 N–H and O–H groups in total. The van der Waals surface area contributed by atoms with Crippen LogP contribution >= 0.6 is 0 Å². The first-order valence-electron chi connectivity index (χ1n) is 3.28. The van der Waals surface area contributed by atoms with Crippen molar-refractivity contribution in [2.24, 2.45) is 5.92 Å². The van der Waals surface area contributed by atoms with Crippen LogP contribution in [0.1, 0.15) is 6.42 Å². The zero-order valence-corrected chi connectivity index (χ0v) is 6.16. The number of ether oxygens (including phenoxy) is 1. The van der Waals surface area contributed by atoms with Gasteiger partial charge >= 0.3 is 5.97 Å². The minimum Gasteiger partial charge on any atom is -0.469 e. The third kappa shape index (κ3) is 1.80. The van der Waals surface area contributed by atoms with E-state index in [1.54, 1.807) is 6.08 Å². The topological polar surface area (TPSA) is 55.4 Å². The van der Waals surface area contributed by atoms with E-state index in [4.69, 9.17) is 0 Å². The van der Waals surface area contributed by atoms with Crippen LogP contribution in [0.4, 0.5) is 0 Å². The van der Waals surface area contributed by atoms with Gasteiger partial charge in [-0.3, -0.25) is 9.59 Å². The Morgan fingerprint density at radius 1 is 1.82 bits per heavy atom. The molecule has 0 aromatic heterocycles. The van der Waals surface area contributed by atoms with Gasteiger partial charge in [-0.05, 0) is 0 Å². The summed E-state index contributed by atoms with van der Waals surface area (Å²) in [4.78, 5) is 21.6. The van der Waals surface area contributed by atoms with Gasteiger partial charge in [0.05, 0.1) is 13.0 Å². The standard InChI is InChI=1S/C7H9NO3/c1-11-7(10)5-2-3-8-6(9)4-5/h2-3,5H,4H2,1H3,(H,8,9). The van der Waals surface area contributed by atoms with Gasteiger partial charge < -0.3 is 10.1 Å². The molecule has 1 unspecified atom stereocenters. The molecule has 0 saturated heterocycles. The van der Waals surface area contributed by atoms with Gasteiger partial charge in [0.15, 0.2) is 0 Å². The molecule has 1 heterocycles. The second-order valence-corrected chi connectivity index (χ2v) is 2.26. The van der Waals surface area contributed by atoms with E-state index < -0.39 is 5.92 Å². The lowest BCUT2D eigenvalue weighted by Gasteiger charge is -2.13. The zero-order chi connectivity index (χ0) is 8.27. The summed E-state index contributed by atoms with van der Waals surface area (Å²) >= 11 is 0. The molecule has 1 rings (SSSR count). The summed E-state index contributed by atoms with van der Waals surface area (Å²) in [7, 11) is 1.31. The molecule has 0 spiro atoms. The van der Waals surface area contributed by atoms with E-state index in [2.05, 4.69) is 10.1 Å². The highest BCUT2D eigenvalue weighted by molar-refractivity contribution is 5.86. The van der Waals surface area contributed by atoms with E-state index in [1.807, 2.05) is 0 Å². The first-order chi connectivity index (χ1) is 5.24. The Kier molecular flexibility index (Phi) is 2.25. The van der Waals surface area contributed by atoms with Gasteiger partial charge in [0.1, 0.15) is 0 Å². The highest BCUT2D eigenvalue weighted by atomic mass is 16.5. The van der Waals surface area contributed by atoms with Crippen molar-refractivity contribution in [3.63, 3.8) is 0 Å². The van der Waals surface area contributed by atoms with Gasteiger partial charge in [-0.25, -0.2) is 0 Å². The molecule has 4 heteroatoms. The summed E-state index contributed by atoms with van der Waals surface area (Å²) < 4.78 is 4.47. The summed E-state index contributed by atoms with van der Waals surface area (Å²) in [6, 6.07) is 0. The summed E-state index contributed by atoms with van der Waals surface area (Å²) in [5.41, 5.74) is 0. The number of hydrogen-bond donors (Lipinski definition) is 1. The van der Waals surface area contributed by atoms with Crippen LogP contribution in [0.2, 0.25) is 0 Å². The molecule has 0 aromatic carbocycles. The van der Waals surface area contributed by atoms with Crippen LogP contribution in [0.5, 0.6) is 0 Å². The number of carbonyl (C=O) groups excluding carboxylic acids is 2. The Morgan fingerprint density at radius 2 is 2.55 bits per heavy atom. The average Bonchev–Trinajstić information content (AvgIpc) is 2.03. The molecule has 0 bridgehead atoms. The zero-order valence-electron chi connectivity index (χ0n) is 6.16. The lowest BCUT2D eigenvalue weighted by Crippen LogP contribution is -2.29. The summed E-state index contributed by atoms with van der Waals surface area (Å²) in [6.45, 7) is 0. The van der Waals surface area contributed by atoms with Crippen LogP contribution in [0.25, 0.3) is 0 Å². The predicted octanol–water partition coefficient (Wildman–Crippen LogP) is -0.191. The minimum absolute atomic E-state index is 0.150. The van der Waals surface area contributed by atoms with E-state index in [0.29, 0.717) is 0 Å². The van der Waals surface area contributed by atoms with Gasteiger partial charge in [-0.15, -0.1) is 0 Å². The van der Waals surface area contributed by atoms with Gasteiger partial charge in [0.25, 0.3) is 0 Å². The molecule has 0 aliphatic carbocycles. The molecule has 60 valence electrons. The van der Waals surface area contributed by atoms with Crippen molar-refractivity contribution in [1.82, 2.24) is 5.32 Å². The Balaban J connectivity index is 2.59. The van der Waals surface area contributed by atoms with Crippen LogP contribution in [0, 0.1) is 5.92 Å². The second kappa shape index (κ2) is 3.18. The van der Waals surface area contributed by atoms with Crippen LogP contribution in [-0.4, -0.2) is 19.0 Å². The van der Waals surface area contributed by atoms with E-state index >= 15 is 0 Å². The Bertz CT molecular complexity index is 210. The number of rotatable bonds is 1. The largest absolute Gasteiger partial charge is 0.469 e. The number of amides is 1. The van der Waals surface area contributed by atoms with Crippen molar-refractivity contribution in [3.05, 3.63) is 12.3 Å². The fraction of sp³-hybridized carbons (Fsp3) is 0.429. The molecule has 0 radical (unpaired) electrons. The molecule has 0 aromatic rings. The second-order valence-electron chi connectivity index (χ2n) is 2.26. The number of nitrogens with one attached hydrogen (secondary N) is 1. The minimum atomic E-state index is -0.409. The molecular formula is C7H9NO3. The summed E-state index contributed by atoms with van der Waals surface area (Å²) in [6.07, 6.45) is 3.27. The Hall–Kier alpha value is -1.32. The van der Waals surface area contributed by atoms with Crippen LogP contribution in [-0.2, 0) is 14.3 Å². The van der Waals surface area contributed by atoms with Crippen LogP contribution in [0.3, 0.4) is 0 Å². The van der Waals surface area contributed by atoms with Gasteiger partial charge in [0, 0.05) is 12.6 Å². The third-order valence-corrected chi connectivity index (χ3v) is 1.48. The number of hydrogen-bond acceptors (Lipinski definition) is 3. The SMILES string of the molecule is COC(=O)C1C=CNC(=O)C1. The van der Waals surface area contributed by atoms with E-state index in [0.717, 1.165) is 0 Å². The number of carbonyl (C=O) groups is 2. The number of esters is 1. The molecule has 1 amide bonds. The van der Waals surface area contributed by atoms with Crippen molar-refractivity contribution in [2.45, 2.75) is 6.42 Å². The molecule has 11 heavy (non-hydrogen) atoms. The molecule has 1 aliphatic heterocycles. The third-order valence-electron chi connectivity index (χ3n) is 1.48. The van der Waals surface area contributed by atoms with E-state index in [1.165, 1.54) is 13.3 Å². The van der Waals surface area contributed by atoms with Crippen molar-refractivity contribution in [1.29, 1.82) is 0 Å². The van der Waals surface area contributed by atoms with Crippen molar-refractivity contribution in [3.8, 4) is 0 Å². The highest BCUT2D eigenvalue weighted by Gasteiger charge is 2.21. The van der Waals surface area contributed by atoms with Gasteiger partial charge in [0.2, 0.25) is 5.91 Å². The molecule has 1 aliphatic rings. The quantitative estimate of drug-likeness (QED) is 0.534. The molecule has 0 fully saturated rings. The maximum absolute atomic E-state index is 10.9. The first-order valence-corrected chi connectivity index (χ1v) is 3.28. The fourth-order valence-corrected chi connectivity index (χ4v) is 0.897. The Labute approximate surface area is 64.2 Å². The van der Waals surface area contributed by atoms with Crippen molar-refractivity contribution >= 4 is 11.9 Å². The fourth-order valence-electron chi connectivity index (χ4n) is 0.897. The summed E-state index contributed by atoms with van der Waals surface area (Å²) in [5, 5.41) is 2.46. The summed E-state index contributed by atoms with van der Waals surface area (Å²) in [5.74, 6) is -0.923. The average molecular weight is 155 g/mol. The number of methoxy groups -OCH3 is 1. The van der Waals surface area contributed by atoms with Crippen LogP contribution in [0.15, 0.2) is 12.3 Å². The molecule has 1 atom stereocenters. The van der Waals surface area contributed by atoms with Crippen molar-refractivity contribution < 1.29 is 14.3 Å². The normalized spacial score (nSPS) is 22.6. The van der Waals surface area contributed by atoms with E-state index in [9.17, 15) is 9.59 Å². The lowest BCUT2D eigenvalue weighted by molar-refractivity contribution is -0.145. The smallest absolute Gasteiger partial charge is 0.313 e. The monoisotopic (exact) mass is 155 g/mol. The molecule has 0 saturated carbocycles. The van der Waals surface area contributed by atoms with Crippen molar-refractivity contribution in [2.75, 3.05) is 7.11 Å². The van der Waals surface area contributed by atoms with Gasteiger partial charge in [-0.1, -0.05) is 6.08 Å².